The van der Waals surface area contributed by atoms with Crippen LogP contribution in [-0.2, 0) is 24.7 Å². The Labute approximate surface area is 122 Å². The lowest BCUT2D eigenvalue weighted by Gasteiger charge is -2.07. The van der Waals surface area contributed by atoms with E-state index in [-0.39, 0.29) is 11.8 Å². The van der Waals surface area contributed by atoms with Gasteiger partial charge in [-0.1, -0.05) is 0 Å². The van der Waals surface area contributed by atoms with Crippen LogP contribution in [0.1, 0.15) is 21.6 Å². The highest BCUT2D eigenvalue weighted by molar-refractivity contribution is 6.01. The van der Waals surface area contributed by atoms with Crippen LogP contribution in [0.4, 0.5) is 5.69 Å². The van der Waals surface area contributed by atoms with E-state index in [1.54, 1.807) is 29.1 Å². The Morgan fingerprint density at radius 3 is 3.05 bits per heavy atom. The molecule has 0 unspecified atom stereocenters. The quantitative estimate of drug-likeness (QED) is 0.875. The Hall–Kier alpha value is -2.63. The molecule has 1 aliphatic heterocycles. The molecular formula is C15H16N4O2. The van der Waals surface area contributed by atoms with Gasteiger partial charge in [0.2, 0.25) is 5.91 Å². The monoisotopic (exact) mass is 284 g/mol. The summed E-state index contributed by atoms with van der Waals surface area (Å²) < 4.78 is 1.79. The van der Waals surface area contributed by atoms with Gasteiger partial charge in [-0.15, -0.1) is 0 Å². The molecule has 2 heterocycles. The van der Waals surface area contributed by atoms with Gasteiger partial charge in [0.15, 0.2) is 0 Å². The lowest BCUT2D eigenvalue weighted by Crippen LogP contribution is -2.26. The Kier molecular flexibility index (Phi) is 3.43. The van der Waals surface area contributed by atoms with Crippen molar-refractivity contribution in [1.29, 1.82) is 0 Å². The SMILES string of the molecule is Cn1nccc1CCNC(=O)c1ccc2c(c1)CC(=O)N2. The first-order chi connectivity index (χ1) is 10.1. The molecule has 2 aromatic rings. The van der Waals surface area contributed by atoms with Crippen molar-refractivity contribution in [2.45, 2.75) is 12.8 Å². The van der Waals surface area contributed by atoms with Crippen LogP contribution in [0.25, 0.3) is 0 Å². The number of fused-ring (bicyclic) bond motifs is 1. The molecule has 3 rings (SSSR count). The van der Waals surface area contributed by atoms with Crippen LogP contribution in [-0.4, -0.2) is 28.1 Å². The van der Waals surface area contributed by atoms with E-state index in [0.717, 1.165) is 23.4 Å². The van der Waals surface area contributed by atoms with Crippen LogP contribution < -0.4 is 10.6 Å². The molecule has 1 aromatic carbocycles. The predicted molar refractivity (Wildman–Crippen MR) is 78.0 cm³/mol. The van der Waals surface area contributed by atoms with Crippen molar-refractivity contribution in [3.8, 4) is 0 Å². The molecule has 1 aliphatic rings. The Balaban J connectivity index is 1.60. The molecule has 0 aliphatic carbocycles. The number of carbonyl (C=O) groups is 2. The topological polar surface area (TPSA) is 76.0 Å². The van der Waals surface area contributed by atoms with Gasteiger partial charge in [0.1, 0.15) is 0 Å². The normalized spacial score (nSPS) is 12.9. The van der Waals surface area contributed by atoms with Gasteiger partial charge >= 0.3 is 0 Å². The fraction of sp³-hybridized carbons (Fsp3) is 0.267. The van der Waals surface area contributed by atoms with Gasteiger partial charge in [0, 0.05) is 43.2 Å². The Morgan fingerprint density at radius 2 is 2.29 bits per heavy atom. The molecule has 21 heavy (non-hydrogen) atoms. The molecule has 6 heteroatoms. The maximum Gasteiger partial charge on any atom is 0.251 e. The van der Waals surface area contributed by atoms with Crippen molar-refractivity contribution in [2.24, 2.45) is 7.05 Å². The second-order valence-electron chi connectivity index (χ2n) is 5.05. The number of rotatable bonds is 4. The Morgan fingerprint density at radius 1 is 1.43 bits per heavy atom. The predicted octanol–water partition coefficient (Wildman–Crippen LogP) is 0.887. The largest absolute Gasteiger partial charge is 0.352 e. The van der Waals surface area contributed by atoms with E-state index < -0.39 is 0 Å². The number of aryl methyl sites for hydroxylation is 1. The van der Waals surface area contributed by atoms with Crippen LogP contribution >= 0.6 is 0 Å². The fourth-order valence-corrected chi connectivity index (χ4v) is 2.42. The minimum absolute atomic E-state index is 0.0289. The van der Waals surface area contributed by atoms with Crippen LogP contribution in [0.2, 0.25) is 0 Å². The average Bonchev–Trinajstić information content (AvgIpc) is 3.02. The standard InChI is InChI=1S/C15H16N4O2/c1-19-12(5-7-17-19)4-6-16-15(21)10-2-3-13-11(8-10)9-14(20)18-13/h2-3,5,7-8H,4,6,9H2,1H3,(H,16,21)(H,18,20). The number of carbonyl (C=O) groups excluding carboxylic acids is 2. The zero-order valence-electron chi connectivity index (χ0n) is 11.7. The van der Waals surface area contributed by atoms with Gasteiger partial charge in [-0.3, -0.25) is 14.3 Å². The molecule has 0 bridgehead atoms. The summed E-state index contributed by atoms with van der Waals surface area (Å²) in [6.07, 6.45) is 2.81. The van der Waals surface area contributed by atoms with E-state index in [2.05, 4.69) is 15.7 Å². The second-order valence-corrected chi connectivity index (χ2v) is 5.05. The highest BCUT2D eigenvalue weighted by Crippen LogP contribution is 2.23. The molecule has 0 fully saturated rings. The van der Waals surface area contributed by atoms with Gasteiger partial charge < -0.3 is 10.6 Å². The van der Waals surface area contributed by atoms with Crippen molar-refractivity contribution in [3.63, 3.8) is 0 Å². The van der Waals surface area contributed by atoms with Gasteiger partial charge in [-0.2, -0.15) is 5.10 Å². The first-order valence-corrected chi connectivity index (χ1v) is 6.81. The second kappa shape index (κ2) is 5.40. The molecule has 0 saturated carbocycles. The van der Waals surface area contributed by atoms with Crippen LogP contribution in [0.15, 0.2) is 30.5 Å². The van der Waals surface area contributed by atoms with Crippen LogP contribution in [0.5, 0.6) is 0 Å². The molecule has 0 spiro atoms. The lowest BCUT2D eigenvalue weighted by atomic mass is 10.1. The van der Waals surface area contributed by atoms with Gasteiger partial charge in [0.25, 0.3) is 5.91 Å². The van der Waals surface area contributed by atoms with E-state index in [9.17, 15) is 9.59 Å². The maximum absolute atomic E-state index is 12.1. The number of nitrogens with one attached hydrogen (secondary N) is 2. The summed E-state index contributed by atoms with van der Waals surface area (Å²) in [4.78, 5) is 23.4. The summed E-state index contributed by atoms with van der Waals surface area (Å²) in [5, 5.41) is 9.72. The van der Waals surface area contributed by atoms with Gasteiger partial charge in [0.05, 0.1) is 6.42 Å². The van der Waals surface area contributed by atoms with E-state index in [1.807, 2.05) is 13.1 Å². The third-order valence-electron chi connectivity index (χ3n) is 3.58. The number of benzene rings is 1. The molecule has 6 nitrogen and oxygen atoms in total. The molecule has 2 N–H and O–H groups in total. The van der Waals surface area contributed by atoms with E-state index in [1.165, 1.54) is 0 Å². The third kappa shape index (κ3) is 2.79. The summed E-state index contributed by atoms with van der Waals surface area (Å²) >= 11 is 0. The molecule has 2 amide bonds. The van der Waals surface area contributed by atoms with E-state index in [0.29, 0.717) is 18.5 Å². The van der Waals surface area contributed by atoms with Gasteiger partial charge in [-0.05, 0) is 29.8 Å². The molecule has 0 atom stereocenters. The van der Waals surface area contributed by atoms with Crippen molar-refractivity contribution >= 4 is 17.5 Å². The van der Waals surface area contributed by atoms with E-state index >= 15 is 0 Å². The first kappa shape index (κ1) is 13.4. The smallest absolute Gasteiger partial charge is 0.251 e. The van der Waals surface area contributed by atoms with Crippen molar-refractivity contribution in [2.75, 3.05) is 11.9 Å². The summed E-state index contributed by atoms with van der Waals surface area (Å²) in [6.45, 7) is 0.548. The number of nitrogens with zero attached hydrogens (tertiary/aromatic N) is 2. The zero-order valence-corrected chi connectivity index (χ0v) is 11.7. The van der Waals surface area contributed by atoms with Crippen molar-refractivity contribution in [3.05, 3.63) is 47.3 Å². The molecule has 0 radical (unpaired) electrons. The summed E-state index contributed by atoms with van der Waals surface area (Å²) in [5.74, 6) is -0.155. The zero-order chi connectivity index (χ0) is 14.8. The number of hydrogen-bond donors (Lipinski definition) is 2. The van der Waals surface area contributed by atoms with Crippen LogP contribution in [0.3, 0.4) is 0 Å². The summed E-state index contributed by atoms with van der Waals surface area (Å²) in [5.41, 5.74) is 3.32. The first-order valence-electron chi connectivity index (χ1n) is 6.81. The summed E-state index contributed by atoms with van der Waals surface area (Å²) in [6, 6.07) is 7.20. The number of anilines is 1. The minimum atomic E-state index is -0.126. The number of hydrogen-bond acceptors (Lipinski definition) is 3. The molecular weight excluding hydrogens is 268 g/mol. The van der Waals surface area contributed by atoms with Gasteiger partial charge in [-0.25, -0.2) is 0 Å². The molecule has 1 aromatic heterocycles. The minimum Gasteiger partial charge on any atom is -0.352 e. The average molecular weight is 284 g/mol. The number of amides is 2. The third-order valence-corrected chi connectivity index (χ3v) is 3.58. The number of aromatic nitrogens is 2. The lowest BCUT2D eigenvalue weighted by molar-refractivity contribution is -0.115. The van der Waals surface area contributed by atoms with Crippen molar-refractivity contribution < 1.29 is 9.59 Å². The highest BCUT2D eigenvalue weighted by atomic mass is 16.2. The Bertz CT molecular complexity index is 705. The summed E-state index contributed by atoms with van der Waals surface area (Å²) in [7, 11) is 1.88. The maximum atomic E-state index is 12.1. The fourth-order valence-electron chi connectivity index (χ4n) is 2.42. The van der Waals surface area contributed by atoms with E-state index in [4.69, 9.17) is 0 Å². The molecule has 0 saturated heterocycles. The van der Waals surface area contributed by atoms with Crippen molar-refractivity contribution in [1.82, 2.24) is 15.1 Å². The molecule has 108 valence electrons. The van der Waals surface area contributed by atoms with Crippen LogP contribution in [0, 0.1) is 0 Å². The highest BCUT2D eigenvalue weighted by Gasteiger charge is 2.18.